The maximum absolute atomic E-state index is 4.38. The lowest BCUT2D eigenvalue weighted by molar-refractivity contribution is 0.297. The van der Waals surface area contributed by atoms with Crippen molar-refractivity contribution in [3.63, 3.8) is 0 Å². The van der Waals surface area contributed by atoms with E-state index in [1.54, 1.807) is 0 Å². The van der Waals surface area contributed by atoms with Crippen LogP contribution in [-0.2, 0) is 0 Å². The van der Waals surface area contributed by atoms with Crippen molar-refractivity contribution in [2.24, 2.45) is 5.92 Å². The van der Waals surface area contributed by atoms with Gasteiger partial charge in [-0.25, -0.2) is 0 Å². The van der Waals surface area contributed by atoms with Crippen molar-refractivity contribution in [1.29, 1.82) is 0 Å². The molecule has 0 amide bonds. The number of benzene rings is 1. The third kappa shape index (κ3) is 1.88. The summed E-state index contributed by atoms with van der Waals surface area (Å²) in [6.07, 6.45) is 0. The van der Waals surface area contributed by atoms with Gasteiger partial charge in [-0.1, -0.05) is 30.3 Å². The Kier molecular flexibility index (Phi) is 2.48. The molecule has 96 valence electrons. The first kappa shape index (κ1) is 10.9. The molecule has 2 fully saturated rings. The molecule has 2 aliphatic heterocycles. The van der Waals surface area contributed by atoms with E-state index in [2.05, 4.69) is 44.7 Å². The third-order valence-electron chi connectivity index (χ3n) is 4.13. The van der Waals surface area contributed by atoms with Crippen molar-refractivity contribution in [2.75, 3.05) is 24.5 Å². The SMILES string of the molecule is c1ccc(-c2ccc(N3CC4CNC4C3)nn2)cc1. The second-order valence-electron chi connectivity index (χ2n) is 5.32. The number of anilines is 1. The molecule has 2 atom stereocenters. The molecule has 2 unspecified atom stereocenters. The Bertz CT molecular complexity index is 554. The minimum atomic E-state index is 0.663. The second-order valence-corrected chi connectivity index (χ2v) is 5.32. The van der Waals surface area contributed by atoms with Crippen LogP contribution in [0.25, 0.3) is 11.3 Å². The molecule has 0 aliphatic carbocycles. The number of nitrogens with zero attached hydrogens (tertiary/aromatic N) is 3. The van der Waals surface area contributed by atoms with Gasteiger partial charge < -0.3 is 10.2 Å². The van der Waals surface area contributed by atoms with Crippen LogP contribution in [-0.4, -0.2) is 35.9 Å². The van der Waals surface area contributed by atoms with E-state index in [4.69, 9.17) is 0 Å². The fourth-order valence-corrected chi connectivity index (χ4v) is 2.90. The lowest BCUT2D eigenvalue weighted by atomic mass is 9.96. The number of hydrogen-bond donors (Lipinski definition) is 1. The number of nitrogens with one attached hydrogen (secondary N) is 1. The molecule has 0 saturated carbocycles. The van der Waals surface area contributed by atoms with Crippen LogP contribution in [0, 0.1) is 5.92 Å². The lowest BCUT2D eigenvalue weighted by Crippen LogP contribution is -2.51. The van der Waals surface area contributed by atoms with Gasteiger partial charge in [0.05, 0.1) is 5.69 Å². The molecule has 2 aliphatic rings. The summed E-state index contributed by atoms with van der Waals surface area (Å²) < 4.78 is 0. The largest absolute Gasteiger partial charge is 0.353 e. The minimum Gasteiger partial charge on any atom is -0.353 e. The number of fused-ring (bicyclic) bond motifs is 1. The van der Waals surface area contributed by atoms with Crippen molar-refractivity contribution in [1.82, 2.24) is 15.5 Å². The highest BCUT2D eigenvalue weighted by Crippen LogP contribution is 2.27. The second kappa shape index (κ2) is 4.31. The van der Waals surface area contributed by atoms with Gasteiger partial charge in [-0.05, 0) is 12.1 Å². The van der Waals surface area contributed by atoms with Gasteiger partial charge in [-0.2, -0.15) is 0 Å². The van der Waals surface area contributed by atoms with E-state index in [1.807, 2.05) is 18.2 Å². The first-order valence-electron chi connectivity index (χ1n) is 6.77. The molecule has 1 aromatic carbocycles. The van der Waals surface area contributed by atoms with Gasteiger partial charge in [0.1, 0.15) is 0 Å². The fourth-order valence-electron chi connectivity index (χ4n) is 2.90. The molecular weight excluding hydrogens is 236 g/mol. The molecule has 4 rings (SSSR count). The van der Waals surface area contributed by atoms with Gasteiger partial charge in [0.15, 0.2) is 5.82 Å². The van der Waals surface area contributed by atoms with E-state index in [1.165, 1.54) is 0 Å². The first-order chi connectivity index (χ1) is 9.40. The zero-order chi connectivity index (χ0) is 12.7. The summed E-state index contributed by atoms with van der Waals surface area (Å²) >= 11 is 0. The third-order valence-corrected chi connectivity index (χ3v) is 4.13. The predicted molar refractivity (Wildman–Crippen MR) is 75.0 cm³/mol. The van der Waals surface area contributed by atoms with Crippen molar-refractivity contribution in [3.8, 4) is 11.3 Å². The van der Waals surface area contributed by atoms with Crippen LogP contribution < -0.4 is 10.2 Å². The summed E-state index contributed by atoms with van der Waals surface area (Å²) in [5, 5.41) is 12.2. The van der Waals surface area contributed by atoms with Crippen molar-refractivity contribution >= 4 is 5.82 Å². The van der Waals surface area contributed by atoms with Crippen LogP contribution >= 0.6 is 0 Å². The summed E-state index contributed by atoms with van der Waals surface area (Å²) in [5.41, 5.74) is 2.05. The average Bonchev–Trinajstić information content (AvgIpc) is 2.76. The Hall–Kier alpha value is -1.94. The summed E-state index contributed by atoms with van der Waals surface area (Å²) in [6, 6.07) is 15.0. The Morgan fingerprint density at radius 3 is 2.47 bits per heavy atom. The molecule has 19 heavy (non-hydrogen) atoms. The predicted octanol–water partition coefficient (Wildman–Crippen LogP) is 1.55. The molecule has 0 radical (unpaired) electrons. The maximum Gasteiger partial charge on any atom is 0.151 e. The molecule has 2 aromatic rings. The summed E-state index contributed by atoms with van der Waals surface area (Å²) in [6.45, 7) is 3.32. The van der Waals surface area contributed by atoms with E-state index in [0.29, 0.717) is 6.04 Å². The van der Waals surface area contributed by atoms with Crippen LogP contribution in [0.15, 0.2) is 42.5 Å². The molecular formula is C15H16N4. The lowest BCUT2D eigenvalue weighted by Gasteiger charge is -2.29. The minimum absolute atomic E-state index is 0.663. The molecule has 2 saturated heterocycles. The van der Waals surface area contributed by atoms with Gasteiger partial charge in [-0.15, -0.1) is 10.2 Å². The zero-order valence-electron chi connectivity index (χ0n) is 10.7. The van der Waals surface area contributed by atoms with Gasteiger partial charge >= 0.3 is 0 Å². The van der Waals surface area contributed by atoms with E-state index >= 15 is 0 Å². The molecule has 0 spiro atoms. The van der Waals surface area contributed by atoms with Gasteiger partial charge in [-0.3, -0.25) is 0 Å². The average molecular weight is 252 g/mol. The van der Waals surface area contributed by atoms with Crippen LogP contribution in [0.1, 0.15) is 0 Å². The smallest absolute Gasteiger partial charge is 0.151 e. The van der Waals surface area contributed by atoms with Crippen molar-refractivity contribution in [3.05, 3.63) is 42.5 Å². The van der Waals surface area contributed by atoms with Crippen LogP contribution in [0.2, 0.25) is 0 Å². The summed E-state index contributed by atoms with van der Waals surface area (Å²) in [7, 11) is 0. The molecule has 4 nitrogen and oxygen atoms in total. The quantitative estimate of drug-likeness (QED) is 0.880. The Morgan fingerprint density at radius 2 is 1.89 bits per heavy atom. The highest BCUT2D eigenvalue weighted by molar-refractivity contribution is 5.59. The molecule has 4 heteroatoms. The van der Waals surface area contributed by atoms with E-state index in [9.17, 15) is 0 Å². The normalized spacial score (nSPS) is 24.9. The summed E-state index contributed by atoms with van der Waals surface area (Å²) in [5.74, 6) is 1.80. The Labute approximate surface area is 112 Å². The van der Waals surface area contributed by atoms with Crippen LogP contribution in [0.5, 0.6) is 0 Å². The summed E-state index contributed by atoms with van der Waals surface area (Å²) in [4.78, 5) is 2.33. The Balaban J connectivity index is 1.56. The van der Waals surface area contributed by atoms with Crippen molar-refractivity contribution < 1.29 is 0 Å². The van der Waals surface area contributed by atoms with E-state index in [0.717, 1.165) is 42.6 Å². The maximum atomic E-state index is 4.38. The molecule has 1 aromatic heterocycles. The van der Waals surface area contributed by atoms with Crippen LogP contribution in [0.4, 0.5) is 5.82 Å². The fraction of sp³-hybridized carbons (Fsp3) is 0.333. The number of hydrogen-bond acceptors (Lipinski definition) is 4. The Morgan fingerprint density at radius 1 is 1.00 bits per heavy atom. The van der Waals surface area contributed by atoms with Crippen molar-refractivity contribution in [2.45, 2.75) is 6.04 Å². The highest BCUT2D eigenvalue weighted by Gasteiger charge is 2.39. The molecule has 3 heterocycles. The monoisotopic (exact) mass is 252 g/mol. The molecule has 0 bridgehead atoms. The highest BCUT2D eigenvalue weighted by atomic mass is 15.3. The number of rotatable bonds is 2. The first-order valence-corrected chi connectivity index (χ1v) is 6.77. The van der Waals surface area contributed by atoms with Gasteiger partial charge in [0.2, 0.25) is 0 Å². The van der Waals surface area contributed by atoms with E-state index < -0.39 is 0 Å². The number of aromatic nitrogens is 2. The van der Waals surface area contributed by atoms with Crippen LogP contribution in [0.3, 0.4) is 0 Å². The standard InChI is InChI=1S/C15H16N4/c1-2-4-11(5-3-1)13-6-7-15(18-17-13)19-9-12-8-16-14(12)10-19/h1-7,12,14,16H,8-10H2. The van der Waals surface area contributed by atoms with Gasteiger partial charge in [0, 0.05) is 37.2 Å². The topological polar surface area (TPSA) is 41.0 Å². The zero-order valence-corrected chi connectivity index (χ0v) is 10.7. The van der Waals surface area contributed by atoms with Gasteiger partial charge in [0.25, 0.3) is 0 Å². The van der Waals surface area contributed by atoms with E-state index in [-0.39, 0.29) is 0 Å². The molecule has 1 N–H and O–H groups in total.